The molecule has 4 rings (SSSR count). The van der Waals surface area contributed by atoms with Crippen LogP contribution in [0.15, 0.2) is 58.1 Å². The summed E-state index contributed by atoms with van der Waals surface area (Å²) in [6.07, 6.45) is 4.57. The van der Waals surface area contributed by atoms with E-state index in [1.165, 1.54) is 0 Å². The smallest absolute Gasteiger partial charge is 0.285 e. The number of amides is 1. The first kappa shape index (κ1) is 16.7. The topological polar surface area (TPSA) is 91.7 Å². The van der Waals surface area contributed by atoms with Crippen LogP contribution in [0.1, 0.15) is 18.4 Å². The number of benzene rings is 1. The fraction of sp³-hybridized carbons (Fsp3) is 0.278. The molecule has 0 aliphatic carbocycles. The first-order valence-corrected chi connectivity index (χ1v) is 9.89. The minimum atomic E-state index is -3.61. The van der Waals surface area contributed by atoms with Crippen LogP contribution in [0.2, 0.25) is 0 Å². The average molecular weight is 370 g/mol. The summed E-state index contributed by atoms with van der Waals surface area (Å²) in [5.74, 6) is 0.374. The normalized spacial score (nSPS) is 18.9. The van der Waals surface area contributed by atoms with E-state index in [-0.39, 0.29) is 16.7 Å². The molecule has 2 aliphatic rings. The van der Waals surface area contributed by atoms with Crippen LogP contribution in [-0.2, 0) is 14.8 Å². The highest BCUT2D eigenvalue weighted by Crippen LogP contribution is 2.29. The maximum atomic E-state index is 12.4. The molecule has 1 aromatic carbocycles. The summed E-state index contributed by atoms with van der Waals surface area (Å²) in [7, 11) is -3.61. The Morgan fingerprint density at radius 2 is 1.77 bits per heavy atom. The Labute approximate surface area is 151 Å². The van der Waals surface area contributed by atoms with Crippen LogP contribution in [0.5, 0.6) is 0 Å². The van der Waals surface area contributed by atoms with Crippen LogP contribution < -0.4 is 5.32 Å². The number of rotatable bonds is 2. The van der Waals surface area contributed by atoms with Crippen molar-refractivity contribution >= 4 is 27.5 Å². The minimum absolute atomic E-state index is 0.0165. The number of carbonyl (C=O) groups is 1. The van der Waals surface area contributed by atoms with Crippen molar-refractivity contribution in [2.75, 3.05) is 18.4 Å². The maximum Gasteiger partial charge on any atom is 0.285 e. The highest BCUT2D eigenvalue weighted by molar-refractivity contribution is 7.90. The number of anilines is 1. The average Bonchev–Trinajstić information content (AvgIpc) is 2.94. The second kappa shape index (κ2) is 6.53. The van der Waals surface area contributed by atoms with Crippen molar-refractivity contribution in [3.8, 4) is 0 Å². The van der Waals surface area contributed by atoms with Crippen molar-refractivity contribution in [2.45, 2.75) is 17.7 Å². The number of nitrogens with one attached hydrogen (secondary N) is 1. The summed E-state index contributed by atoms with van der Waals surface area (Å²) in [6, 6.07) is 10.4. The van der Waals surface area contributed by atoms with E-state index in [4.69, 9.17) is 0 Å². The second-order valence-electron chi connectivity index (χ2n) is 6.37. The van der Waals surface area contributed by atoms with Crippen molar-refractivity contribution in [1.29, 1.82) is 0 Å². The van der Waals surface area contributed by atoms with E-state index in [9.17, 15) is 13.2 Å². The van der Waals surface area contributed by atoms with Gasteiger partial charge in [-0.15, -0.1) is 4.40 Å². The van der Waals surface area contributed by atoms with E-state index >= 15 is 0 Å². The van der Waals surface area contributed by atoms with Gasteiger partial charge in [-0.2, -0.15) is 8.42 Å². The summed E-state index contributed by atoms with van der Waals surface area (Å²) in [5, 5.41) is 2.90. The molecule has 0 saturated carbocycles. The standard InChI is InChI=1S/C18H18N4O3S/c23-18(20-14-5-9-19-10-6-14)13-7-11-22(12-8-13)17-15-3-1-2-4-16(15)26(24,25)21-17/h1-6,9-10,13H,7-8,11-12H2,(H,19,20,23). The first-order chi connectivity index (χ1) is 12.5. The number of sulfonamides is 1. The number of pyridine rings is 1. The lowest BCUT2D eigenvalue weighted by Gasteiger charge is -2.32. The zero-order valence-corrected chi connectivity index (χ0v) is 14.8. The number of nitrogens with zero attached hydrogens (tertiary/aromatic N) is 3. The lowest BCUT2D eigenvalue weighted by Crippen LogP contribution is -2.41. The molecule has 2 aliphatic heterocycles. The Kier molecular flexibility index (Phi) is 4.20. The van der Waals surface area contributed by atoms with Gasteiger partial charge in [0.25, 0.3) is 10.0 Å². The summed E-state index contributed by atoms with van der Waals surface area (Å²) >= 11 is 0. The van der Waals surface area contributed by atoms with Crippen molar-refractivity contribution in [2.24, 2.45) is 10.3 Å². The van der Waals surface area contributed by atoms with E-state index in [2.05, 4.69) is 14.7 Å². The maximum absolute atomic E-state index is 12.4. The lowest BCUT2D eigenvalue weighted by molar-refractivity contribution is -0.120. The molecule has 0 atom stereocenters. The molecule has 2 aromatic rings. The molecule has 7 nitrogen and oxygen atoms in total. The van der Waals surface area contributed by atoms with Gasteiger partial charge in [-0.25, -0.2) is 0 Å². The molecule has 1 saturated heterocycles. The largest absolute Gasteiger partial charge is 0.355 e. The summed E-state index contributed by atoms with van der Waals surface area (Å²) < 4.78 is 28.4. The van der Waals surface area contributed by atoms with Gasteiger partial charge >= 0.3 is 0 Å². The molecule has 134 valence electrons. The Balaban J connectivity index is 1.44. The molecule has 0 spiro atoms. The summed E-state index contributed by atoms with van der Waals surface area (Å²) in [5.41, 5.74) is 1.37. The molecule has 1 N–H and O–H groups in total. The Morgan fingerprint density at radius 1 is 1.08 bits per heavy atom. The van der Waals surface area contributed by atoms with Crippen LogP contribution >= 0.6 is 0 Å². The zero-order chi connectivity index (χ0) is 18.1. The molecule has 1 aromatic heterocycles. The number of likely N-dealkylation sites (tertiary alicyclic amines) is 1. The number of aromatic nitrogens is 1. The molecular formula is C18H18N4O3S. The molecule has 0 bridgehead atoms. The highest BCUT2D eigenvalue weighted by atomic mass is 32.2. The number of piperidine rings is 1. The molecule has 26 heavy (non-hydrogen) atoms. The van der Waals surface area contributed by atoms with E-state index < -0.39 is 10.0 Å². The Hall–Kier alpha value is -2.74. The molecule has 0 unspecified atom stereocenters. The second-order valence-corrected chi connectivity index (χ2v) is 7.95. The molecular weight excluding hydrogens is 352 g/mol. The van der Waals surface area contributed by atoms with Crippen LogP contribution in [0.3, 0.4) is 0 Å². The molecule has 1 fully saturated rings. The van der Waals surface area contributed by atoms with Gasteiger partial charge in [0.1, 0.15) is 4.90 Å². The van der Waals surface area contributed by atoms with Crippen molar-refractivity contribution in [3.05, 3.63) is 54.4 Å². The van der Waals surface area contributed by atoms with E-state index in [0.29, 0.717) is 37.3 Å². The molecule has 1 amide bonds. The third kappa shape index (κ3) is 3.08. The van der Waals surface area contributed by atoms with Gasteiger partial charge in [0.15, 0.2) is 5.84 Å². The first-order valence-electron chi connectivity index (χ1n) is 8.45. The number of hydrogen-bond donors (Lipinski definition) is 1. The van der Waals surface area contributed by atoms with Crippen molar-refractivity contribution in [1.82, 2.24) is 9.88 Å². The number of hydrogen-bond acceptors (Lipinski definition) is 5. The molecule has 3 heterocycles. The fourth-order valence-electron chi connectivity index (χ4n) is 3.35. The van der Waals surface area contributed by atoms with E-state index in [0.717, 1.165) is 5.69 Å². The third-order valence-corrected chi connectivity index (χ3v) is 6.05. The predicted molar refractivity (Wildman–Crippen MR) is 97.3 cm³/mol. The van der Waals surface area contributed by atoms with Crippen LogP contribution in [0, 0.1) is 5.92 Å². The third-order valence-electron chi connectivity index (χ3n) is 4.73. The number of carbonyl (C=O) groups excluding carboxylic acids is 1. The number of amidine groups is 1. The van der Waals surface area contributed by atoms with Gasteiger partial charge in [0, 0.05) is 42.7 Å². The summed E-state index contributed by atoms with van der Waals surface area (Å²) in [4.78, 5) is 18.6. The van der Waals surface area contributed by atoms with Gasteiger partial charge in [0.05, 0.1) is 0 Å². The lowest BCUT2D eigenvalue weighted by atomic mass is 9.95. The van der Waals surface area contributed by atoms with E-state index in [1.807, 2.05) is 11.0 Å². The van der Waals surface area contributed by atoms with Crippen LogP contribution in [0.4, 0.5) is 5.69 Å². The predicted octanol–water partition coefficient (Wildman–Crippen LogP) is 1.88. The molecule has 0 radical (unpaired) electrons. The van der Waals surface area contributed by atoms with Gasteiger partial charge in [-0.05, 0) is 37.1 Å². The highest BCUT2D eigenvalue weighted by Gasteiger charge is 2.34. The van der Waals surface area contributed by atoms with Crippen LogP contribution in [0.25, 0.3) is 0 Å². The fourth-order valence-corrected chi connectivity index (χ4v) is 4.58. The molecule has 8 heteroatoms. The van der Waals surface area contributed by atoms with Crippen LogP contribution in [-0.4, -0.2) is 43.1 Å². The Bertz CT molecular complexity index is 965. The summed E-state index contributed by atoms with van der Waals surface area (Å²) in [6.45, 7) is 1.19. The van der Waals surface area contributed by atoms with Gasteiger partial charge in [-0.1, -0.05) is 12.1 Å². The zero-order valence-electron chi connectivity index (χ0n) is 14.0. The Morgan fingerprint density at radius 3 is 2.50 bits per heavy atom. The van der Waals surface area contributed by atoms with Crippen molar-refractivity contribution in [3.63, 3.8) is 0 Å². The monoisotopic (exact) mass is 370 g/mol. The quantitative estimate of drug-likeness (QED) is 0.871. The minimum Gasteiger partial charge on any atom is -0.355 e. The van der Waals surface area contributed by atoms with E-state index in [1.54, 1.807) is 42.7 Å². The SMILES string of the molecule is O=C(Nc1ccncc1)C1CCN(C2=NS(=O)(=O)c3ccccc32)CC1. The van der Waals surface area contributed by atoms with Crippen molar-refractivity contribution < 1.29 is 13.2 Å². The van der Waals surface area contributed by atoms with Gasteiger partial charge in [-0.3, -0.25) is 9.78 Å². The van der Waals surface area contributed by atoms with Gasteiger partial charge < -0.3 is 10.2 Å². The number of fused-ring (bicyclic) bond motifs is 1. The van der Waals surface area contributed by atoms with Gasteiger partial charge in [0.2, 0.25) is 5.91 Å².